The number of furan rings is 1. The van der Waals surface area contributed by atoms with Crippen molar-refractivity contribution in [2.75, 3.05) is 44.2 Å². The second kappa shape index (κ2) is 8.22. The molecule has 0 aliphatic carbocycles. The molecule has 1 aromatic heterocycles. The average Bonchev–Trinajstić information content (AvgIpc) is 3.17. The molecule has 1 aromatic rings. The van der Waals surface area contributed by atoms with Gasteiger partial charge in [-0.05, 0) is 31.4 Å². The highest BCUT2D eigenvalue weighted by molar-refractivity contribution is 7.91. The molecule has 2 aliphatic heterocycles. The van der Waals surface area contributed by atoms with Crippen LogP contribution < -0.4 is 5.32 Å². The number of rotatable bonds is 5. The zero-order valence-corrected chi connectivity index (χ0v) is 15.5. The highest BCUT2D eigenvalue weighted by atomic mass is 32.2. The Morgan fingerprint density at radius 2 is 1.96 bits per heavy atom. The fourth-order valence-electron chi connectivity index (χ4n) is 3.42. The Hall–Kier alpha value is -1.87. The molecule has 3 heterocycles. The van der Waals surface area contributed by atoms with E-state index in [1.54, 1.807) is 17.0 Å². The monoisotopic (exact) mass is 383 g/mol. The van der Waals surface area contributed by atoms with Crippen LogP contribution in [0.2, 0.25) is 0 Å². The lowest BCUT2D eigenvalue weighted by Gasteiger charge is -2.34. The van der Waals surface area contributed by atoms with Gasteiger partial charge in [-0.2, -0.15) is 0 Å². The van der Waals surface area contributed by atoms with Gasteiger partial charge in [0.25, 0.3) is 5.91 Å². The van der Waals surface area contributed by atoms with Gasteiger partial charge in [-0.1, -0.05) is 0 Å². The number of hydrogen-bond donors (Lipinski definition) is 1. The van der Waals surface area contributed by atoms with Gasteiger partial charge in [0, 0.05) is 32.7 Å². The van der Waals surface area contributed by atoms with Gasteiger partial charge in [0.15, 0.2) is 15.6 Å². The van der Waals surface area contributed by atoms with Crippen LogP contribution in [0.15, 0.2) is 22.8 Å². The van der Waals surface area contributed by atoms with E-state index < -0.39 is 15.9 Å². The van der Waals surface area contributed by atoms with Gasteiger partial charge in [0.1, 0.15) is 6.04 Å². The standard InChI is InChI=1S/C17H25N3O5S/c21-16(18-6-8-19-9-12-26(23,24)13-10-19)14-4-1-2-7-20(14)17(22)15-5-3-11-25-15/h3,5,11,14H,1-2,4,6-10,12-13H2,(H,18,21). The summed E-state index contributed by atoms with van der Waals surface area (Å²) < 4.78 is 28.1. The van der Waals surface area contributed by atoms with Crippen molar-refractivity contribution in [2.24, 2.45) is 0 Å². The van der Waals surface area contributed by atoms with Gasteiger partial charge in [-0.3, -0.25) is 14.5 Å². The van der Waals surface area contributed by atoms with E-state index >= 15 is 0 Å². The molecule has 0 spiro atoms. The number of nitrogens with one attached hydrogen (secondary N) is 1. The molecule has 0 bridgehead atoms. The molecule has 2 fully saturated rings. The minimum Gasteiger partial charge on any atom is -0.459 e. The first-order valence-corrected chi connectivity index (χ1v) is 10.8. The molecule has 1 unspecified atom stereocenters. The molecule has 2 amide bonds. The van der Waals surface area contributed by atoms with Crippen molar-refractivity contribution < 1.29 is 22.4 Å². The number of carbonyl (C=O) groups is 2. The first kappa shape index (κ1) is 18.9. The molecule has 2 aliphatic rings. The highest BCUT2D eigenvalue weighted by Gasteiger charge is 2.33. The smallest absolute Gasteiger partial charge is 0.290 e. The Bertz CT molecular complexity index is 718. The van der Waals surface area contributed by atoms with Gasteiger partial charge in [0.2, 0.25) is 5.91 Å². The van der Waals surface area contributed by atoms with Crippen molar-refractivity contribution in [3.8, 4) is 0 Å². The van der Waals surface area contributed by atoms with E-state index in [-0.39, 0.29) is 29.1 Å². The number of sulfone groups is 1. The molecule has 2 saturated heterocycles. The predicted octanol–water partition coefficient (Wildman–Crippen LogP) is 0.121. The van der Waals surface area contributed by atoms with E-state index in [1.165, 1.54) is 6.26 Å². The van der Waals surface area contributed by atoms with Crippen LogP contribution in [0.25, 0.3) is 0 Å². The van der Waals surface area contributed by atoms with Crippen molar-refractivity contribution in [2.45, 2.75) is 25.3 Å². The van der Waals surface area contributed by atoms with Crippen LogP contribution in [-0.2, 0) is 14.6 Å². The second-order valence-corrected chi connectivity index (χ2v) is 9.08. The molecule has 9 heteroatoms. The number of likely N-dealkylation sites (tertiary alicyclic amines) is 1. The quantitative estimate of drug-likeness (QED) is 0.775. The van der Waals surface area contributed by atoms with Crippen molar-refractivity contribution >= 4 is 21.7 Å². The molecule has 0 saturated carbocycles. The fraction of sp³-hybridized carbons (Fsp3) is 0.647. The average molecular weight is 383 g/mol. The molecule has 8 nitrogen and oxygen atoms in total. The first-order chi connectivity index (χ1) is 12.5. The summed E-state index contributed by atoms with van der Waals surface area (Å²) in [5, 5.41) is 2.90. The summed E-state index contributed by atoms with van der Waals surface area (Å²) in [6.07, 6.45) is 3.87. The Labute approximate surface area is 153 Å². The Balaban J connectivity index is 1.50. The van der Waals surface area contributed by atoms with Crippen LogP contribution in [-0.4, -0.2) is 80.3 Å². The lowest BCUT2D eigenvalue weighted by Crippen LogP contribution is -2.53. The molecular weight excluding hydrogens is 358 g/mol. The van der Waals surface area contributed by atoms with Gasteiger partial charge in [-0.15, -0.1) is 0 Å². The summed E-state index contributed by atoms with van der Waals surface area (Å²) in [5.74, 6) is 0.189. The van der Waals surface area contributed by atoms with E-state index in [4.69, 9.17) is 4.42 Å². The zero-order valence-electron chi connectivity index (χ0n) is 14.7. The number of carbonyl (C=O) groups excluding carboxylic acids is 2. The Morgan fingerprint density at radius 1 is 1.19 bits per heavy atom. The topological polar surface area (TPSA) is 99.9 Å². The van der Waals surface area contributed by atoms with Gasteiger partial charge in [-0.25, -0.2) is 8.42 Å². The maximum atomic E-state index is 12.6. The lowest BCUT2D eigenvalue weighted by atomic mass is 10.0. The molecule has 0 aromatic carbocycles. The Kier molecular flexibility index (Phi) is 5.98. The minimum atomic E-state index is -2.89. The maximum absolute atomic E-state index is 12.6. The highest BCUT2D eigenvalue weighted by Crippen LogP contribution is 2.20. The third kappa shape index (κ3) is 4.64. The van der Waals surface area contributed by atoms with Crippen molar-refractivity contribution in [3.63, 3.8) is 0 Å². The number of hydrogen-bond acceptors (Lipinski definition) is 6. The van der Waals surface area contributed by atoms with E-state index in [9.17, 15) is 18.0 Å². The molecule has 1 atom stereocenters. The summed E-state index contributed by atoms with van der Waals surface area (Å²) in [4.78, 5) is 28.7. The second-order valence-electron chi connectivity index (χ2n) is 6.77. The minimum absolute atomic E-state index is 0.158. The van der Waals surface area contributed by atoms with E-state index in [0.29, 0.717) is 39.1 Å². The summed E-state index contributed by atoms with van der Waals surface area (Å²) >= 11 is 0. The molecule has 3 rings (SSSR count). The number of nitrogens with zero attached hydrogens (tertiary/aromatic N) is 2. The van der Waals surface area contributed by atoms with Crippen LogP contribution in [0.4, 0.5) is 0 Å². The van der Waals surface area contributed by atoms with Crippen molar-refractivity contribution in [3.05, 3.63) is 24.2 Å². The van der Waals surface area contributed by atoms with Crippen LogP contribution in [0.5, 0.6) is 0 Å². The predicted molar refractivity (Wildman–Crippen MR) is 95.5 cm³/mol. The number of amides is 2. The summed E-state index contributed by atoms with van der Waals surface area (Å²) in [6.45, 7) is 2.61. The summed E-state index contributed by atoms with van der Waals surface area (Å²) in [5.41, 5.74) is 0. The zero-order chi connectivity index (χ0) is 18.6. The van der Waals surface area contributed by atoms with Gasteiger partial charge in [0.05, 0.1) is 17.8 Å². The van der Waals surface area contributed by atoms with E-state index in [2.05, 4.69) is 5.32 Å². The molecule has 0 radical (unpaired) electrons. The van der Waals surface area contributed by atoms with Crippen LogP contribution >= 0.6 is 0 Å². The van der Waals surface area contributed by atoms with Crippen LogP contribution in [0.1, 0.15) is 29.8 Å². The van der Waals surface area contributed by atoms with E-state index in [1.807, 2.05) is 4.90 Å². The van der Waals surface area contributed by atoms with Crippen LogP contribution in [0.3, 0.4) is 0 Å². The third-order valence-electron chi connectivity index (χ3n) is 4.96. The fourth-order valence-corrected chi connectivity index (χ4v) is 4.69. The van der Waals surface area contributed by atoms with Crippen molar-refractivity contribution in [1.82, 2.24) is 15.1 Å². The molecule has 1 N–H and O–H groups in total. The van der Waals surface area contributed by atoms with Crippen LogP contribution in [0, 0.1) is 0 Å². The molecule has 26 heavy (non-hydrogen) atoms. The Morgan fingerprint density at radius 3 is 2.65 bits per heavy atom. The third-order valence-corrected chi connectivity index (χ3v) is 6.57. The summed E-state index contributed by atoms with van der Waals surface area (Å²) in [7, 11) is -2.89. The molecular formula is C17H25N3O5S. The molecule has 144 valence electrons. The van der Waals surface area contributed by atoms with Crippen molar-refractivity contribution in [1.29, 1.82) is 0 Å². The van der Waals surface area contributed by atoms with Gasteiger partial charge >= 0.3 is 0 Å². The van der Waals surface area contributed by atoms with Gasteiger partial charge < -0.3 is 14.6 Å². The number of piperidine rings is 1. The normalized spacial score (nSPS) is 23.5. The first-order valence-electron chi connectivity index (χ1n) is 9.01. The maximum Gasteiger partial charge on any atom is 0.290 e. The lowest BCUT2D eigenvalue weighted by molar-refractivity contribution is -0.126. The van der Waals surface area contributed by atoms with E-state index in [0.717, 1.165) is 12.8 Å². The summed E-state index contributed by atoms with van der Waals surface area (Å²) in [6, 6.07) is 2.78. The largest absolute Gasteiger partial charge is 0.459 e. The SMILES string of the molecule is O=C(NCCN1CCS(=O)(=O)CC1)C1CCCCN1C(=O)c1ccco1.